The summed E-state index contributed by atoms with van der Waals surface area (Å²) in [5.41, 5.74) is 0.944. The Morgan fingerprint density at radius 3 is 2.67 bits per heavy atom. The number of ether oxygens (including phenoxy) is 2. The smallest absolute Gasteiger partial charge is 0.224 e. The summed E-state index contributed by atoms with van der Waals surface area (Å²) in [6, 6.07) is 9.56. The number of rotatable bonds is 8. The van der Waals surface area contributed by atoms with Crippen LogP contribution in [0.5, 0.6) is 5.75 Å². The van der Waals surface area contributed by atoms with Gasteiger partial charge in [-0.25, -0.2) is 4.98 Å². The van der Waals surface area contributed by atoms with Gasteiger partial charge in [-0.05, 0) is 37.3 Å². The van der Waals surface area contributed by atoms with Crippen LogP contribution in [0.2, 0.25) is 0 Å². The van der Waals surface area contributed by atoms with Gasteiger partial charge in [0.05, 0.1) is 13.2 Å². The molecule has 0 saturated heterocycles. The quantitative estimate of drug-likeness (QED) is 0.728. The van der Waals surface area contributed by atoms with Gasteiger partial charge in [0.1, 0.15) is 11.6 Å². The number of benzene rings is 1. The number of hydrogen-bond donors (Lipinski definition) is 2. The maximum atomic E-state index is 5.41. The topological polar surface area (TPSA) is 68.3 Å². The van der Waals surface area contributed by atoms with Crippen molar-refractivity contribution in [2.45, 2.75) is 6.92 Å². The van der Waals surface area contributed by atoms with Gasteiger partial charge in [-0.15, -0.1) is 0 Å². The summed E-state index contributed by atoms with van der Waals surface area (Å²) in [7, 11) is 1.66. The number of anilines is 3. The molecular formula is C15H20N4O2. The maximum Gasteiger partial charge on any atom is 0.224 e. The van der Waals surface area contributed by atoms with Crippen molar-refractivity contribution in [2.24, 2.45) is 0 Å². The molecule has 0 aliphatic heterocycles. The van der Waals surface area contributed by atoms with Gasteiger partial charge in [0.2, 0.25) is 5.95 Å². The van der Waals surface area contributed by atoms with Crippen LogP contribution >= 0.6 is 0 Å². The Bertz CT molecular complexity index is 546. The minimum Gasteiger partial charge on any atom is -0.494 e. The third-order valence-corrected chi connectivity index (χ3v) is 2.68. The van der Waals surface area contributed by atoms with E-state index in [2.05, 4.69) is 20.6 Å². The summed E-state index contributed by atoms with van der Waals surface area (Å²) in [5, 5.41) is 6.32. The van der Waals surface area contributed by atoms with Crippen molar-refractivity contribution in [2.75, 3.05) is 37.5 Å². The number of nitrogens with zero attached hydrogens (tertiary/aromatic N) is 2. The Balaban J connectivity index is 1.96. The van der Waals surface area contributed by atoms with Crippen LogP contribution in [0, 0.1) is 0 Å². The van der Waals surface area contributed by atoms with Gasteiger partial charge in [0.15, 0.2) is 0 Å². The van der Waals surface area contributed by atoms with Crippen LogP contribution in [0.3, 0.4) is 0 Å². The molecule has 0 saturated carbocycles. The Kier molecular flexibility index (Phi) is 5.78. The average molecular weight is 288 g/mol. The third kappa shape index (κ3) is 4.92. The van der Waals surface area contributed by atoms with Gasteiger partial charge >= 0.3 is 0 Å². The lowest BCUT2D eigenvalue weighted by atomic mass is 10.3. The minimum absolute atomic E-state index is 0.572. The molecule has 1 aromatic carbocycles. The van der Waals surface area contributed by atoms with Crippen molar-refractivity contribution in [3.8, 4) is 5.75 Å². The molecule has 0 fully saturated rings. The first kappa shape index (κ1) is 15.1. The molecule has 1 heterocycles. The van der Waals surface area contributed by atoms with Crippen molar-refractivity contribution in [1.29, 1.82) is 0 Å². The number of nitrogens with one attached hydrogen (secondary N) is 2. The fourth-order valence-corrected chi connectivity index (χ4v) is 1.73. The van der Waals surface area contributed by atoms with Crippen LogP contribution in [0.15, 0.2) is 36.5 Å². The molecule has 0 aliphatic rings. The minimum atomic E-state index is 0.572. The molecule has 6 heteroatoms. The molecule has 6 nitrogen and oxygen atoms in total. The van der Waals surface area contributed by atoms with Crippen LogP contribution in [0.4, 0.5) is 17.5 Å². The molecule has 0 amide bonds. The first-order chi connectivity index (χ1) is 10.3. The predicted octanol–water partition coefficient (Wildman–Crippen LogP) is 2.68. The molecule has 2 aromatic rings. The standard InChI is InChI=1S/C15H20N4O2/c1-3-21-13-6-4-12(5-7-13)18-14-8-9-16-15(19-14)17-10-11-20-2/h4-9H,3,10-11H2,1-2H3,(H2,16,17,18,19). The normalized spacial score (nSPS) is 10.2. The summed E-state index contributed by atoms with van der Waals surface area (Å²) in [6.07, 6.45) is 1.71. The fourth-order valence-electron chi connectivity index (χ4n) is 1.73. The SMILES string of the molecule is CCOc1ccc(Nc2ccnc(NCCOC)n2)cc1. The van der Waals surface area contributed by atoms with Crippen molar-refractivity contribution < 1.29 is 9.47 Å². The summed E-state index contributed by atoms with van der Waals surface area (Å²) in [6.45, 7) is 3.91. The van der Waals surface area contributed by atoms with E-state index in [-0.39, 0.29) is 0 Å². The monoisotopic (exact) mass is 288 g/mol. The van der Waals surface area contributed by atoms with Crippen molar-refractivity contribution >= 4 is 17.5 Å². The number of aromatic nitrogens is 2. The van der Waals surface area contributed by atoms with E-state index in [1.807, 2.05) is 37.3 Å². The second kappa shape index (κ2) is 8.06. The lowest BCUT2D eigenvalue weighted by Gasteiger charge is -2.09. The maximum absolute atomic E-state index is 5.41. The third-order valence-electron chi connectivity index (χ3n) is 2.68. The van der Waals surface area contributed by atoms with E-state index >= 15 is 0 Å². The van der Waals surface area contributed by atoms with Gasteiger partial charge in [0.25, 0.3) is 0 Å². The highest BCUT2D eigenvalue weighted by atomic mass is 16.5. The summed E-state index contributed by atoms with van der Waals surface area (Å²) >= 11 is 0. The van der Waals surface area contributed by atoms with Crippen LogP contribution in [-0.4, -0.2) is 36.8 Å². The molecule has 0 aliphatic carbocycles. The van der Waals surface area contributed by atoms with Gasteiger partial charge < -0.3 is 20.1 Å². The van der Waals surface area contributed by atoms with Crippen molar-refractivity contribution in [1.82, 2.24) is 9.97 Å². The fraction of sp³-hybridized carbons (Fsp3) is 0.333. The summed E-state index contributed by atoms with van der Waals surface area (Å²) in [4.78, 5) is 8.53. The molecule has 21 heavy (non-hydrogen) atoms. The van der Waals surface area contributed by atoms with Crippen LogP contribution in [-0.2, 0) is 4.74 Å². The second-order valence-electron chi connectivity index (χ2n) is 4.27. The van der Waals surface area contributed by atoms with Crippen LogP contribution < -0.4 is 15.4 Å². The zero-order valence-corrected chi connectivity index (χ0v) is 12.3. The zero-order valence-electron chi connectivity index (χ0n) is 12.3. The van der Waals surface area contributed by atoms with E-state index in [0.717, 1.165) is 17.3 Å². The largest absolute Gasteiger partial charge is 0.494 e. The molecule has 0 spiro atoms. The highest BCUT2D eigenvalue weighted by Gasteiger charge is 2.00. The highest BCUT2D eigenvalue weighted by molar-refractivity contribution is 5.57. The Hall–Kier alpha value is -2.34. The molecule has 1 aromatic heterocycles. The Labute approximate surface area is 124 Å². The van der Waals surface area contributed by atoms with E-state index in [0.29, 0.717) is 25.7 Å². The predicted molar refractivity (Wildman–Crippen MR) is 83.3 cm³/mol. The van der Waals surface area contributed by atoms with Crippen LogP contribution in [0.25, 0.3) is 0 Å². The number of methoxy groups -OCH3 is 1. The molecule has 0 bridgehead atoms. The second-order valence-corrected chi connectivity index (χ2v) is 4.27. The highest BCUT2D eigenvalue weighted by Crippen LogP contribution is 2.19. The Morgan fingerprint density at radius 1 is 1.14 bits per heavy atom. The molecule has 2 N–H and O–H groups in total. The molecule has 0 unspecified atom stereocenters. The summed E-state index contributed by atoms with van der Waals surface area (Å²) in [5.74, 6) is 2.16. The van der Waals surface area contributed by atoms with Gasteiger partial charge in [-0.2, -0.15) is 4.98 Å². The molecule has 112 valence electrons. The van der Waals surface area contributed by atoms with Gasteiger partial charge in [0, 0.05) is 25.5 Å². The number of hydrogen-bond acceptors (Lipinski definition) is 6. The van der Waals surface area contributed by atoms with Crippen LogP contribution in [0.1, 0.15) is 6.92 Å². The van der Waals surface area contributed by atoms with E-state index in [1.54, 1.807) is 13.3 Å². The van der Waals surface area contributed by atoms with Crippen molar-refractivity contribution in [3.05, 3.63) is 36.5 Å². The molecule has 0 radical (unpaired) electrons. The van der Waals surface area contributed by atoms with E-state index in [1.165, 1.54) is 0 Å². The van der Waals surface area contributed by atoms with Gasteiger partial charge in [-0.1, -0.05) is 0 Å². The van der Waals surface area contributed by atoms with E-state index < -0.39 is 0 Å². The first-order valence-corrected chi connectivity index (χ1v) is 6.87. The molecule has 2 rings (SSSR count). The zero-order chi connectivity index (χ0) is 14.9. The van der Waals surface area contributed by atoms with E-state index in [4.69, 9.17) is 9.47 Å². The molecular weight excluding hydrogens is 268 g/mol. The van der Waals surface area contributed by atoms with E-state index in [9.17, 15) is 0 Å². The Morgan fingerprint density at radius 2 is 1.95 bits per heavy atom. The first-order valence-electron chi connectivity index (χ1n) is 6.87. The lowest BCUT2D eigenvalue weighted by Crippen LogP contribution is -2.10. The average Bonchev–Trinajstić information content (AvgIpc) is 2.50. The molecule has 0 atom stereocenters. The van der Waals surface area contributed by atoms with Crippen molar-refractivity contribution in [3.63, 3.8) is 0 Å². The van der Waals surface area contributed by atoms with Gasteiger partial charge in [-0.3, -0.25) is 0 Å². The summed E-state index contributed by atoms with van der Waals surface area (Å²) < 4.78 is 10.4. The lowest BCUT2D eigenvalue weighted by molar-refractivity contribution is 0.210.